The summed E-state index contributed by atoms with van der Waals surface area (Å²) < 4.78 is 0.858. The summed E-state index contributed by atoms with van der Waals surface area (Å²) in [6.45, 7) is 0. The molecule has 0 saturated carbocycles. The van der Waals surface area contributed by atoms with Gasteiger partial charge in [0.15, 0.2) is 0 Å². The van der Waals surface area contributed by atoms with Crippen LogP contribution in [0.15, 0.2) is 47.2 Å². The van der Waals surface area contributed by atoms with Gasteiger partial charge in [0.25, 0.3) is 0 Å². The van der Waals surface area contributed by atoms with Crippen LogP contribution in [0.25, 0.3) is 10.6 Å². The lowest BCUT2D eigenvalue weighted by Gasteiger charge is -2.02. The number of hydrogen-bond donors (Lipinski definition) is 1. The predicted molar refractivity (Wildman–Crippen MR) is 71.5 cm³/mol. The molecule has 1 aromatic heterocycles. The zero-order valence-electron chi connectivity index (χ0n) is 8.76. The highest BCUT2D eigenvalue weighted by molar-refractivity contribution is 9.11. The number of thiazole rings is 1. The summed E-state index contributed by atoms with van der Waals surface area (Å²) in [4.78, 5) is 10.9. The maximum Gasteiger partial charge on any atom is 0.142 e. The van der Waals surface area contributed by atoms with E-state index in [2.05, 4.69) is 38.5 Å². The van der Waals surface area contributed by atoms with E-state index in [1.54, 1.807) is 11.3 Å². The van der Waals surface area contributed by atoms with E-state index in [0.29, 0.717) is 0 Å². The molecule has 1 aromatic carbocycles. The second-order valence-corrected chi connectivity index (χ2v) is 5.51. The highest BCUT2D eigenvalue weighted by Gasteiger charge is 2.19. The van der Waals surface area contributed by atoms with E-state index in [-0.39, 0.29) is 6.10 Å². The van der Waals surface area contributed by atoms with Gasteiger partial charge in [-0.25, -0.2) is 4.98 Å². The first-order valence-corrected chi connectivity index (χ1v) is 6.74. The molecule has 1 aliphatic heterocycles. The van der Waals surface area contributed by atoms with Gasteiger partial charge in [0.2, 0.25) is 0 Å². The van der Waals surface area contributed by atoms with Crippen LogP contribution in [0.4, 0.5) is 0 Å². The van der Waals surface area contributed by atoms with E-state index in [4.69, 9.17) is 4.84 Å². The number of nitrogens with zero attached hydrogens (tertiary/aromatic N) is 1. The Morgan fingerprint density at radius 2 is 2.12 bits per heavy atom. The maximum absolute atomic E-state index is 5.38. The fourth-order valence-corrected chi connectivity index (χ4v) is 2.85. The fourth-order valence-electron chi connectivity index (χ4n) is 1.59. The SMILES string of the molecule is BrC1=CC(c2cnc(-c3ccccc3)s2)ON1. The molecule has 3 nitrogen and oxygen atoms in total. The largest absolute Gasteiger partial charge is 0.262 e. The predicted octanol–water partition coefficient (Wildman–Crippen LogP) is 3.62. The van der Waals surface area contributed by atoms with Crippen LogP contribution in [-0.4, -0.2) is 4.98 Å². The Labute approximate surface area is 111 Å². The lowest BCUT2D eigenvalue weighted by atomic mass is 10.2. The van der Waals surface area contributed by atoms with Crippen LogP contribution >= 0.6 is 27.3 Å². The number of hydrogen-bond acceptors (Lipinski definition) is 4. The summed E-state index contributed by atoms with van der Waals surface area (Å²) in [7, 11) is 0. The molecule has 2 heterocycles. The van der Waals surface area contributed by atoms with Crippen LogP contribution < -0.4 is 5.48 Å². The van der Waals surface area contributed by atoms with E-state index in [9.17, 15) is 0 Å². The summed E-state index contributed by atoms with van der Waals surface area (Å²) in [6, 6.07) is 10.1. The number of nitrogens with one attached hydrogen (secondary N) is 1. The molecule has 1 unspecified atom stereocenters. The zero-order chi connectivity index (χ0) is 11.7. The molecule has 2 aromatic rings. The van der Waals surface area contributed by atoms with Gasteiger partial charge in [-0.1, -0.05) is 30.3 Å². The molecule has 0 radical (unpaired) electrons. The molecule has 0 aliphatic carbocycles. The smallest absolute Gasteiger partial charge is 0.142 e. The van der Waals surface area contributed by atoms with Gasteiger partial charge >= 0.3 is 0 Å². The Morgan fingerprint density at radius 1 is 1.29 bits per heavy atom. The van der Waals surface area contributed by atoms with Gasteiger partial charge < -0.3 is 0 Å². The number of rotatable bonds is 2. The Bertz CT molecular complexity index is 553. The minimum atomic E-state index is -0.0562. The highest BCUT2D eigenvalue weighted by atomic mass is 79.9. The molecule has 0 bridgehead atoms. The van der Waals surface area contributed by atoms with Gasteiger partial charge in [0.05, 0.1) is 4.88 Å². The maximum atomic E-state index is 5.38. The van der Waals surface area contributed by atoms with Crippen molar-refractivity contribution in [2.24, 2.45) is 0 Å². The third-order valence-electron chi connectivity index (χ3n) is 2.41. The molecule has 1 aliphatic rings. The van der Waals surface area contributed by atoms with Crippen molar-refractivity contribution >= 4 is 27.3 Å². The summed E-state index contributed by atoms with van der Waals surface area (Å²) in [5.74, 6) is 0. The minimum Gasteiger partial charge on any atom is -0.262 e. The third-order valence-corrected chi connectivity index (χ3v) is 3.94. The van der Waals surface area contributed by atoms with E-state index in [0.717, 1.165) is 20.1 Å². The summed E-state index contributed by atoms with van der Waals surface area (Å²) in [6.07, 6.45) is 3.78. The van der Waals surface area contributed by atoms with Crippen molar-refractivity contribution < 1.29 is 4.84 Å². The topological polar surface area (TPSA) is 34.1 Å². The molecule has 0 saturated heterocycles. The van der Waals surface area contributed by atoms with Crippen molar-refractivity contribution in [2.45, 2.75) is 6.10 Å². The van der Waals surface area contributed by atoms with Crippen LogP contribution in [-0.2, 0) is 4.84 Å². The molecule has 86 valence electrons. The first-order valence-electron chi connectivity index (χ1n) is 5.13. The van der Waals surface area contributed by atoms with Gasteiger partial charge in [-0.2, -0.15) is 0 Å². The average molecular weight is 309 g/mol. The van der Waals surface area contributed by atoms with Gasteiger partial charge in [-0.05, 0) is 22.0 Å². The van der Waals surface area contributed by atoms with E-state index < -0.39 is 0 Å². The van der Waals surface area contributed by atoms with Gasteiger partial charge in [0.1, 0.15) is 15.7 Å². The second-order valence-electron chi connectivity index (χ2n) is 3.59. The van der Waals surface area contributed by atoms with Crippen molar-refractivity contribution in [3.63, 3.8) is 0 Å². The van der Waals surface area contributed by atoms with Crippen LogP contribution in [0.2, 0.25) is 0 Å². The van der Waals surface area contributed by atoms with Crippen LogP contribution in [0.1, 0.15) is 11.0 Å². The molecule has 5 heteroatoms. The first kappa shape index (κ1) is 11.0. The lowest BCUT2D eigenvalue weighted by molar-refractivity contribution is 0.0476. The first-order chi connectivity index (χ1) is 8.33. The molecule has 0 spiro atoms. The second kappa shape index (κ2) is 4.60. The van der Waals surface area contributed by atoms with Gasteiger partial charge in [-0.15, -0.1) is 11.3 Å². The molecule has 17 heavy (non-hydrogen) atoms. The van der Waals surface area contributed by atoms with Crippen LogP contribution in [0, 0.1) is 0 Å². The molecular formula is C12H9BrN2OS. The van der Waals surface area contributed by atoms with Gasteiger partial charge in [-0.3, -0.25) is 10.3 Å². The molecule has 3 rings (SSSR count). The third kappa shape index (κ3) is 2.26. The average Bonchev–Trinajstić information content (AvgIpc) is 2.98. The Kier molecular flexibility index (Phi) is 2.96. The van der Waals surface area contributed by atoms with Crippen molar-refractivity contribution in [3.8, 4) is 10.6 Å². The minimum absolute atomic E-state index is 0.0562. The molecule has 0 amide bonds. The molecular weight excluding hydrogens is 300 g/mol. The number of benzene rings is 1. The monoisotopic (exact) mass is 308 g/mol. The van der Waals surface area contributed by atoms with Crippen LogP contribution in [0.3, 0.4) is 0 Å². The lowest BCUT2D eigenvalue weighted by Crippen LogP contribution is -2.03. The molecule has 1 atom stereocenters. The van der Waals surface area contributed by atoms with Crippen molar-refractivity contribution in [3.05, 3.63) is 52.1 Å². The van der Waals surface area contributed by atoms with Crippen LogP contribution in [0.5, 0.6) is 0 Å². The Hall–Kier alpha value is -1.17. The fraction of sp³-hybridized carbons (Fsp3) is 0.0833. The summed E-state index contributed by atoms with van der Waals surface area (Å²) >= 11 is 4.98. The van der Waals surface area contributed by atoms with E-state index in [1.807, 2.05) is 30.5 Å². The van der Waals surface area contributed by atoms with Crippen molar-refractivity contribution in [1.29, 1.82) is 0 Å². The van der Waals surface area contributed by atoms with Gasteiger partial charge in [0, 0.05) is 11.8 Å². The quantitative estimate of drug-likeness (QED) is 0.860. The Morgan fingerprint density at radius 3 is 2.82 bits per heavy atom. The number of halogens is 1. The number of aromatic nitrogens is 1. The summed E-state index contributed by atoms with van der Waals surface area (Å²) in [5, 5.41) is 1.01. The molecule has 0 fully saturated rings. The standard InChI is InChI=1S/C12H9BrN2OS/c13-11-6-9(16-15-11)10-7-14-12(17-10)8-4-2-1-3-5-8/h1-7,9,15H. The molecule has 1 N–H and O–H groups in total. The van der Waals surface area contributed by atoms with Crippen molar-refractivity contribution in [2.75, 3.05) is 0 Å². The summed E-state index contributed by atoms with van der Waals surface area (Å²) in [5.41, 5.74) is 3.91. The van der Waals surface area contributed by atoms with E-state index in [1.165, 1.54) is 0 Å². The van der Waals surface area contributed by atoms with Crippen molar-refractivity contribution in [1.82, 2.24) is 10.5 Å². The van der Waals surface area contributed by atoms with E-state index >= 15 is 0 Å². The Balaban J connectivity index is 1.89. The normalized spacial score (nSPS) is 18.9. The number of hydroxylamine groups is 1. The highest BCUT2D eigenvalue weighted by Crippen LogP contribution is 2.33. The zero-order valence-corrected chi connectivity index (χ0v) is 11.2.